The van der Waals surface area contributed by atoms with Crippen LogP contribution in [0.1, 0.15) is 5.56 Å². The maximum absolute atomic E-state index is 6.07. The van der Waals surface area contributed by atoms with Crippen molar-refractivity contribution in [2.45, 2.75) is 6.54 Å². The molecule has 2 N–H and O–H groups in total. The fraction of sp³-hybridized carbons (Fsp3) is 0.0476. The fourth-order valence-electron chi connectivity index (χ4n) is 2.80. The smallest absolute Gasteiger partial charge is 0.229 e. The maximum atomic E-state index is 6.07. The zero-order valence-corrected chi connectivity index (χ0v) is 16.6. The first-order valence-corrected chi connectivity index (χ1v) is 9.62. The molecule has 134 valence electrons. The third kappa shape index (κ3) is 4.38. The molecule has 0 amide bonds. The highest BCUT2D eigenvalue weighted by molar-refractivity contribution is 9.10. The molecular formula is C21H16BrClN4. The van der Waals surface area contributed by atoms with Crippen LogP contribution in [0.2, 0.25) is 5.02 Å². The summed E-state index contributed by atoms with van der Waals surface area (Å²) >= 11 is 9.58. The molecule has 0 unspecified atom stereocenters. The monoisotopic (exact) mass is 438 g/mol. The van der Waals surface area contributed by atoms with Gasteiger partial charge < -0.3 is 10.6 Å². The highest BCUT2D eigenvalue weighted by Crippen LogP contribution is 2.25. The summed E-state index contributed by atoms with van der Waals surface area (Å²) in [5.74, 6) is 1.30. The maximum Gasteiger partial charge on any atom is 0.229 e. The first-order valence-electron chi connectivity index (χ1n) is 8.45. The molecule has 0 aliphatic heterocycles. The second-order valence-corrected chi connectivity index (χ2v) is 7.38. The van der Waals surface area contributed by atoms with Gasteiger partial charge in [0.15, 0.2) is 0 Å². The van der Waals surface area contributed by atoms with Gasteiger partial charge in [-0.1, -0.05) is 57.9 Å². The van der Waals surface area contributed by atoms with Crippen LogP contribution in [-0.4, -0.2) is 9.97 Å². The largest absolute Gasteiger partial charge is 0.365 e. The number of nitrogens with one attached hydrogen (secondary N) is 2. The molecule has 0 bridgehead atoms. The van der Waals surface area contributed by atoms with E-state index in [-0.39, 0.29) is 0 Å². The van der Waals surface area contributed by atoms with Crippen molar-refractivity contribution in [1.29, 1.82) is 0 Å². The summed E-state index contributed by atoms with van der Waals surface area (Å²) in [5, 5.41) is 8.30. The number of para-hydroxylation sites is 1. The van der Waals surface area contributed by atoms with E-state index < -0.39 is 0 Å². The molecule has 0 atom stereocenters. The zero-order valence-electron chi connectivity index (χ0n) is 14.3. The van der Waals surface area contributed by atoms with Gasteiger partial charge in [0.25, 0.3) is 0 Å². The van der Waals surface area contributed by atoms with Crippen molar-refractivity contribution in [2.24, 2.45) is 0 Å². The van der Waals surface area contributed by atoms with E-state index in [1.165, 1.54) is 0 Å². The van der Waals surface area contributed by atoms with E-state index in [9.17, 15) is 0 Å². The lowest BCUT2D eigenvalue weighted by Crippen LogP contribution is -2.05. The molecule has 4 nitrogen and oxygen atoms in total. The predicted molar refractivity (Wildman–Crippen MR) is 116 cm³/mol. The molecule has 1 aromatic heterocycles. The Balaban J connectivity index is 1.66. The molecule has 0 fully saturated rings. The van der Waals surface area contributed by atoms with Crippen LogP contribution >= 0.6 is 27.5 Å². The number of nitrogens with zero attached hydrogens (tertiary/aromatic N) is 2. The number of benzene rings is 3. The minimum absolute atomic E-state index is 0.521. The van der Waals surface area contributed by atoms with Crippen molar-refractivity contribution in [3.8, 4) is 0 Å². The van der Waals surface area contributed by atoms with Crippen LogP contribution in [0.25, 0.3) is 10.9 Å². The predicted octanol–water partition coefficient (Wildman–Crippen LogP) is 6.40. The third-order valence-corrected chi connectivity index (χ3v) is 4.76. The van der Waals surface area contributed by atoms with E-state index in [0.717, 1.165) is 32.4 Å². The quantitative estimate of drug-likeness (QED) is 0.378. The van der Waals surface area contributed by atoms with Crippen molar-refractivity contribution >= 4 is 55.9 Å². The lowest BCUT2D eigenvalue weighted by Gasteiger charge is -2.12. The summed E-state index contributed by atoms with van der Waals surface area (Å²) in [6.07, 6.45) is 0. The molecule has 0 radical (unpaired) electrons. The molecular weight excluding hydrogens is 424 g/mol. The van der Waals surface area contributed by atoms with E-state index in [0.29, 0.717) is 17.5 Å². The van der Waals surface area contributed by atoms with E-state index in [4.69, 9.17) is 11.6 Å². The van der Waals surface area contributed by atoms with Crippen LogP contribution in [-0.2, 0) is 6.54 Å². The van der Waals surface area contributed by atoms with Crippen molar-refractivity contribution in [2.75, 3.05) is 10.6 Å². The first kappa shape index (κ1) is 17.8. The van der Waals surface area contributed by atoms with Crippen LogP contribution in [0.3, 0.4) is 0 Å². The van der Waals surface area contributed by atoms with Gasteiger partial charge in [-0.15, -0.1) is 0 Å². The molecule has 0 aliphatic carbocycles. The van der Waals surface area contributed by atoms with Gasteiger partial charge in [-0.05, 0) is 48.0 Å². The summed E-state index contributed by atoms with van der Waals surface area (Å²) in [6, 6.07) is 23.6. The second kappa shape index (κ2) is 7.94. The Morgan fingerprint density at radius 3 is 2.59 bits per heavy atom. The second-order valence-electron chi connectivity index (χ2n) is 6.03. The third-order valence-electron chi connectivity index (χ3n) is 4.03. The highest BCUT2D eigenvalue weighted by atomic mass is 79.9. The van der Waals surface area contributed by atoms with Gasteiger partial charge in [0, 0.05) is 27.1 Å². The molecule has 27 heavy (non-hydrogen) atoms. The Hall–Kier alpha value is -2.63. The SMILES string of the molecule is Clc1cccc(Nc2nc(NCc3cccc(Br)c3)c3ccccc3n2)c1. The summed E-state index contributed by atoms with van der Waals surface area (Å²) < 4.78 is 1.05. The lowest BCUT2D eigenvalue weighted by molar-refractivity contribution is 1.10. The molecule has 3 aromatic carbocycles. The molecule has 0 saturated heterocycles. The Morgan fingerprint density at radius 1 is 0.889 bits per heavy atom. The Kier molecular flexibility index (Phi) is 5.23. The summed E-state index contributed by atoms with van der Waals surface area (Å²) in [7, 11) is 0. The minimum Gasteiger partial charge on any atom is -0.365 e. The van der Waals surface area contributed by atoms with Gasteiger partial charge in [-0.25, -0.2) is 4.98 Å². The topological polar surface area (TPSA) is 49.8 Å². The summed E-state index contributed by atoms with van der Waals surface area (Å²) in [6.45, 7) is 0.664. The van der Waals surface area contributed by atoms with Crippen LogP contribution in [0, 0.1) is 0 Å². The van der Waals surface area contributed by atoms with Crippen molar-refractivity contribution in [3.63, 3.8) is 0 Å². The van der Waals surface area contributed by atoms with Crippen LogP contribution in [0.5, 0.6) is 0 Å². The van der Waals surface area contributed by atoms with E-state index >= 15 is 0 Å². The molecule has 0 aliphatic rings. The number of halogens is 2. The average Bonchev–Trinajstić information content (AvgIpc) is 2.66. The minimum atomic E-state index is 0.521. The van der Waals surface area contributed by atoms with Gasteiger partial charge in [0.1, 0.15) is 5.82 Å². The van der Waals surface area contributed by atoms with Crippen LogP contribution in [0.15, 0.2) is 77.3 Å². The number of fused-ring (bicyclic) bond motifs is 1. The van der Waals surface area contributed by atoms with Crippen LogP contribution < -0.4 is 10.6 Å². The molecule has 1 heterocycles. The van der Waals surface area contributed by atoms with Crippen LogP contribution in [0.4, 0.5) is 17.5 Å². The standard InChI is InChI=1S/C21H16BrClN4/c22-15-6-3-5-14(11-15)13-24-20-18-9-1-2-10-19(18)26-21(27-20)25-17-8-4-7-16(23)12-17/h1-12H,13H2,(H2,24,25,26,27). The van der Waals surface area contributed by atoms with E-state index in [1.54, 1.807) is 0 Å². The molecule has 4 rings (SSSR count). The molecule has 6 heteroatoms. The molecule has 0 saturated carbocycles. The normalized spacial score (nSPS) is 10.7. The van der Waals surface area contributed by atoms with Crippen molar-refractivity contribution in [1.82, 2.24) is 9.97 Å². The average molecular weight is 440 g/mol. The zero-order chi connectivity index (χ0) is 18.6. The van der Waals surface area contributed by atoms with Gasteiger partial charge in [0.2, 0.25) is 5.95 Å². The Bertz CT molecular complexity index is 1100. The van der Waals surface area contributed by atoms with Gasteiger partial charge >= 0.3 is 0 Å². The van der Waals surface area contributed by atoms with Gasteiger partial charge in [-0.3, -0.25) is 0 Å². The Labute approximate surface area is 170 Å². The fourth-order valence-corrected chi connectivity index (χ4v) is 3.43. The number of hydrogen-bond acceptors (Lipinski definition) is 4. The number of aromatic nitrogens is 2. The first-order chi connectivity index (χ1) is 13.2. The number of hydrogen-bond donors (Lipinski definition) is 2. The summed E-state index contributed by atoms with van der Waals surface area (Å²) in [5.41, 5.74) is 2.88. The van der Waals surface area contributed by atoms with Gasteiger partial charge in [-0.2, -0.15) is 4.98 Å². The van der Waals surface area contributed by atoms with Crippen molar-refractivity contribution in [3.05, 3.63) is 87.9 Å². The van der Waals surface area contributed by atoms with E-state index in [1.807, 2.05) is 60.7 Å². The molecule has 4 aromatic rings. The van der Waals surface area contributed by atoms with Crippen molar-refractivity contribution < 1.29 is 0 Å². The van der Waals surface area contributed by atoms with Gasteiger partial charge in [0.05, 0.1) is 5.52 Å². The van der Waals surface area contributed by atoms with E-state index in [2.05, 4.69) is 48.7 Å². The Morgan fingerprint density at radius 2 is 1.74 bits per heavy atom. The number of anilines is 3. The highest BCUT2D eigenvalue weighted by Gasteiger charge is 2.08. The molecule has 0 spiro atoms. The number of rotatable bonds is 5. The summed E-state index contributed by atoms with van der Waals surface area (Å²) in [4.78, 5) is 9.29. The lowest BCUT2D eigenvalue weighted by atomic mass is 10.2.